The maximum atomic E-state index is 12.6. The van der Waals surface area contributed by atoms with Gasteiger partial charge in [0.05, 0.1) is 11.3 Å². The van der Waals surface area contributed by atoms with E-state index in [0.29, 0.717) is 34.4 Å². The second-order valence-electron chi connectivity index (χ2n) is 6.94. The molecule has 30 heavy (non-hydrogen) atoms. The predicted molar refractivity (Wildman–Crippen MR) is 114 cm³/mol. The molecule has 0 fully saturated rings. The van der Waals surface area contributed by atoms with Gasteiger partial charge in [-0.25, -0.2) is 14.6 Å². The van der Waals surface area contributed by atoms with Gasteiger partial charge in [-0.05, 0) is 51.1 Å². The number of carbonyl (C=O) groups excluding carboxylic acids is 1. The smallest absolute Gasteiger partial charge is 0.259 e. The molecule has 0 unspecified atom stereocenters. The molecule has 0 aliphatic heterocycles. The SMILES string of the molecule is Cc1nc(Nc2ccc(NC(=O)c3c(C)nn(C)c3C)cc2)cc(-n2cccn2)n1. The van der Waals surface area contributed by atoms with Gasteiger partial charge in [-0.1, -0.05) is 0 Å². The van der Waals surface area contributed by atoms with Crippen molar-refractivity contribution in [1.29, 1.82) is 0 Å². The lowest BCUT2D eigenvalue weighted by Crippen LogP contribution is -2.14. The number of hydrogen-bond acceptors (Lipinski definition) is 6. The van der Waals surface area contributed by atoms with Crippen LogP contribution >= 0.6 is 0 Å². The summed E-state index contributed by atoms with van der Waals surface area (Å²) in [4.78, 5) is 21.5. The number of hydrogen-bond donors (Lipinski definition) is 2. The highest BCUT2D eigenvalue weighted by atomic mass is 16.1. The van der Waals surface area contributed by atoms with E-state index in [1.165, 1.54) is 0 Å². The summed E-state index contributed by atoms with van der Waals surface area (Å²) in [6.45, 7) is 5.54. The van der Waals surface area contributed by atoms with E-state index < -0.39 is 0 Å². The highest BCUT2D eigenvalue weighted by molar-refractivity contribution is 6.05. The molecule has 3 aromatic heterocycles. The first-order valence-electron chi connectivity index (χ1n) is 9.45. The average molecular weight is 402 g/mol. The van der Waals surface area contributed by atoms with Crippen molar-refractivity contribution in [3.8, 4) is 5.82 Å². The first kappa shape index (κ1) is 19.3. The monoisotopic (exact) mass is 402 g/mol. The number of anilines is 3. The van der Waals surface area contributed by atoms with Gasteiger partial charge in [-0.3, -0.25) is 9.48 Å². The number of aromatic nitrogens is 6. The lowest BCUT2D eigenvalue weighted by molar-refractivity contribution is 0.102. The zero-order valence-electron chi connectivity index (χ0n) is 17.2. The number of nitrogens with zero attached hydrogens (tertiary/aromatic N) is 6. The maximum Gasteiger partial charge on any atom is 0.259 e. The van der Waals surface area contributed by atoms with E-state index in [4.69, 9.17) is 0 Å². The van der Waals surface area contributed by atoms with Gasteiger partial charge in [0.1, 0.15) is 11.6 Å². The quantitative estimate of drug-likeness (QED) is 0.531. The number of benzene rings is 1. The van der Waals surface area contributed by atoms with Crippen molar-refractivity contribution >= 4 is 23.1 Å². The molecular weight excluding hydrogens is 380 g/mol. The molecule has 0 saturated carbocycles. The van der Waals surface area contributed by atoms with Gasteiger partial charge in [-0.2, -0.15) is 10.2 Å². The minimum atomic E-state index is -0.172. The Balaban J connectivity index is 1.49. The fraction of sp³-hybridized carbons (Fsp3) is 0.190. The third-order valence-electron chi connectivity index (χ3n) is 4.71. The Morgan fingerprint density at radius 3 is 2.40 bits per heavy atom. The maximum absolute atomic E-state index is 12.6. The Hall–Kier alpha value is -4.01. The number of rotatable bonds is 5. The molecule has 0 spiro atoms. The molecule has 9 heteroatoms. The van der Waals surface area contributed by atoms with E-state index in [9.17, 15) is 4.79 Å². The van der Waals surface area contributed by atoms with Crippen molar-refractivity contribution in [2.24, 2.45) is 7.05 Å². The molecule has 0 saturated heterocycles. The second-order valence-corrected chi connectivity index (χ2v) is 6.94. The normalized spacial score (nSPS) is 10.8. The summed E-state index contributed by atoms with van der Waals surface area (Å²) in [6, 6.07) is 11.1. The molecule has 0 aliphatic rings. The fourth-order valence-electron chi connectivity index (χ4n) is 3.22. The van der Waals surface area contributed by atoms with Crippen LogP contribution in [0.3, 0.4) is 0 Å². The van der Waals surface area contributed by atoms with Crippen molar-refractivity contribution in [3.05, 3.63) is 71.6 Å². The Morgan fingerprint density at radius 2 is 1.77 bits per heavy atom. The first-order valence-corrected chi connectivity index (χ1v) is 9.45. The average Bonchev–Trinajstić information content (AvgIpc) is 3.31. The molecule has 1 amide bonds. The molecule has 0 aliphatic carbocycles. The topological polar surface area (TPSA) is 103 Å². The van der Waals surface area contributed by atoms with E-state index in [0.717, 1.165) is 11.4 Å². The van der Waals surface area contributed by atoms with Crippen LogP contribution in [0.2, 0.25) is 0 Å². The van der Waals surface area contributed by atoms with E-state index >= 15 is 0 Å². The molecule has 0 atom stereocenters. The summed E-state index contributed by atoms with van der Waals surface area (Å²) in [5.41, 5.74) is 3.67. The van der Waals surface area contributed by atoms with E-state index in [1.54, 1.807) is 15.6 Å². The molecule has 4 aromatic rings. The van der Waals surface area contributed by atoms with Crippen LogP contribution in [0.25, 0.3) is 5.82 Å². The van der Waals surface area contributed by atoms with Crippen LogP contribution in [0.15, 0.2) is 48.8 Å². The molecular formula is C21H22N8O. The van der Waals surface area contributed by atoms with Crippen molar-refractivity contribution in [3.63, 3.8) is 0 Å². The van der Waals surface area contributed by atoms with Crippen LogP contribution < -0.4 is 10.6 Å². The van der Waals surface area contributed by atoms with Gasteiger partial charge in [0.2, 0.25) is 0 Å². The van der Waals surface area contributed by atoms with Crippen LogP contribution in [-0.2, 0) is 7.05 Å². The minimum absolute atomic E-state index is 0.172. The molecule has 4 rings (SSSR count). The van der Waals surface area contributed by atoms with Crippen LogP contribution in [0, 0.1) is 20.8 Å². The van der Waals surface area contributed by atoms with Gasteiger partial charge in [0, 0.05) is 42.6 Å². The predicted octanol–water partition coefficient (Wildman–Crippen LogP) is 3.32. The third kappa shape index (κ3) is 3.90. The second kappa shape index (κ2) is 7.78. The highest BCUT2D eigenvalue weighted by Gasteiger charge is 2.17. The Kier molecular flexibility index (Phi) is 5.01. The number of nitrogens with one attached hydrogen (secondary N) is 2. The lowest BCUT2D eigenvalue weighted by Gasteiger charge is -2.10. The largest absolute Gasteiger partial charge is 0.340 e. The number of carbonyl (C=O) groups is 1. The van der Waals surface area contributed by atoms with Crippen LogP contribution in [0.1, 0.15) is 27.6 Å². The molecule has 9 nitrogen and oxygen atoms in total. The van der Waals surface area contributed by atoms with E-state index in [-0.39, 0.29) is 5.91 Å². The Labute approximate surface area is 173 Å². The van der Waals surface area contributed by atoms with E-state index in [1.807, 2.05) is 70.4 Å². The standard InChI is InChI=1S/C21H22N8O/c1-13-20(14(2)28(4)27-13)21(30)26-17-8-6-16(7-9-17)25-18-12-19(24-15(3)23-18)29-11-5-10-22-29/h5-12H,1-4H3,(H,26,30)(H,23,24,25). The zero-order chi connectivity index (χ0) is 21.3. The van der Waals surface area contributed by atoms with Crippen molar-refractivity contribution in [2.75, 3.05) is 10.6 Å². The van der Waals surface area contributed by atoms with Gasteiger partial charge in [-0.15, -0.1) is 0 Å². The molecule has 1 aromatic carbocycles. The van der Waals surface area contributed by atoms with Gasteiger partial charge in [0.15, 0.2) is 5.82 Å². The summed E-state index contributed by atoms with van der Waals surface area (Å²) in [7, 11) is 1.83. The fourth-order valence-corrected chi connectivity index (χ4v) is 3.22. The number of amides is 1. The molecule has 0 bridgehead atoms. The number of aryl methyl sites for hydroxylation is 3. The Bertz CT molecular complexity index is 1190. The van der Waals surface area contributed by atoms with Crippen LogP contribution in [0.5, 0.6) is 0 Å². The van der Waals surface area contributed by atoms with Gasteiger partial charge >= 0.3 is 0 Å². The van der Waals surface area contributed by atoms with Crippen molar-refractivity contribution in [2.45, 2.75) is 20.8 Å². The Morgan fingerprint density at radius 1 is 1.03 bits per heavy atom. The molecule has 0 radical (unpaired) electrons. The van der Waals surface area contributed by atoms with Gasteiger partial charge in [0.25, 0.3) is 5.91 Å². The lowest BCUT2D eigenvalue weighted by atomic mass is 10.1. The van der Waals surface area contributed by atoms with Crippen molar-refractivity contribution < 1.29 is 4.79 Å². The summed E-state index contributed by atoms with van der Waals surface area (Å²) in [6.07, 6.45) is 3.53. The minimum Gasteiger partial charge on any atom is -0.340 e. The summed E-state index contributed by atoms with van der Waals surface area (Å²) in [5.74, 6) is 1.80. The summed E-state index contributed by atoms with van der Waals surface area (Å²) >= 11 is 0. The van der Waals surface area contributed by atoms with Crippen molar-refractivity contribution in [1.82, 2.24) is 29.5 Å². The van der Waals surface area contributed by atoms with Crippen LogP contribution in [-0.4, -0.2) is 35.4 Å². The van der Waals surface area contributed by atoms with Crippen LogP contribution in [0.4, 0.5) is 17.2 Å². The molecule has 152 valence electrons. The zero-order valence-corrected chi connectivity index (χ0v) is 17.2. The highest BCUT2D eigenvalue weighted by Crippen LogP contribution is 2.20. The third-order valence-corrected chi connectivity index (χ3v) is 4.71. The first-order chi connectivity index (χ1) is 14.4. The summed E-state index contributed by atoms with van der Waals surface area (Å²) < 4.78 is 3.39. The van der Waals surface area contributed by atoms with E-state index in [2.05, 4.69) is 30.8 Å². The summed E-state index contributed by atoms with van der Waals surface area (Å²) in [5, 5.41) is 14.7. The molecule has 3 heterocycles. The van der Waals surface area contributed by atoms with Gasteiger partial charge < -0.3 is 10.6 Å². The molecule has 2 N–H and O–H groups in total.